The molecule has 0 aromatic heterocycles. The summed E-state index contributed by atoms with van der Waals surface area (Å²) in [5.74, 6) is -3.88. The zero-order valence-electron chi connectivity index (χ0n) is 21.0. The first-order valence-electron chi connectivity index (χ1n) is 11.7. The van der Waals surface area contributed by atoms with Crippen LogP contribution in [0.5, 0.6) is 11.5 Å². The van der Waals surface area contributed by atoms with E-state index in [1.165, 1.54) is 22.1 Å². The summed E-state index contributed by atoms with van der Waals surface area (Å²) in [5.41, 5.74) is -0.939. The third-order valence-corrected chi connectivity index (χ3v) is 5.56. The monoisotopic (exact) mass is 506 g/mol. The normalized spacial score (nSPS) is 20.5. The molecule has 1 aromatic carbocycles. The van der Waals surface area contributed by atoms with Crippen LogP contribution in [0.3, 0.4) is 0 Å². The quantitative estimate of drug-likeness (QED) is 0.351. The van der Waals surface area contributed by atoms with Crippen molar-refractivity contribution in [1.29, 1.82) is 5.41 Å². The molecule has 1 saturated heterocycles. The number of hydrogen-bond donors (Lipinski definition) is 3. The molecule has 3 rings (SSSR count). The second kappa shape index (κ2) is 10.7. The van der Waals surface area contributed by atoms with Crippen molar-refractivity contribution in [3.05, 3.63) is 47.9 Å². The van der Waals surface area contributed by atoms with Gasteiger partial charge in [0.25, 0.3) is 11.8 Å². The molecule has 2 heterocycles. The van der Waals surface area contributed by atoms with Crippen molar-refractivity contribution < 1.29 is 33.0 Å². The number of carbonyl (C=O) groups is 2. The fraction of sp³-hybridized carbons (Fsp3) is 0.480. The number of aliphatic hydroxyl groups is 1. The minimum Gasteiger partial charge on any atom is -0.488 e. The summed E-state index contributed by atoms with van der Waals surface area (Å²) in [6.07, 6.45) is 3.91. The predicted molar refractivity (Wildman–Crippen MR) is 128 cm³/mol. The van der Waals surface area contributed by atoms with Crippen LogP contribution in [-0.2, 0) is 9.59 Å². The highest BCUT2D eigenvalue weighted by Gasteiger charge is 2.45. The van der Waals surface area contributed by atoms with E-state index in [2.05, 4.69) is 5.32 Å². The summed E-state index contributed by atoms with van der Waals surface area (Å²) in [4.78, 5) is 28.3. The lowest BCUT2D eigenvalue weighted by molar-refractivity contribution is -0.136. The van der Waals surface area contributed by atoms with E-state index >= 15 is 0 Å². The van der Waals surface area contributed by atoms with Crippen molar-refractivity contribution in [2.45, 2.75) is 64.8 Å². The predicted octanol–water partition coefficient (Wildman–Crippen LogP) is 2.70. The van der Waals surface area contributed by atoms with Crippen LogP contribution in [0.1, 0.15) is 41.0 Å². The maximum absolute atomic E-state index is 14.8. The molecule has 1 unspecified atom stereocenters. The molecule has 9 nitrogen and oxygen atoms in total. The summed E-state index contributed by atoms with van der Waals surface area (Å²) >= 11 is 0. The standard InChI is InChI=1S/C25H32F2N4O5/c1-14(2)35-19-7-6-17(26)23(22(19)27)36-16-11-21(32)30(12-16)18-10-15(3)31(24(18)33)20(28)8-9-29-13-25(4,5)34/h6-9,11,14-15,18,28-29,34H,10,12-13H2,1-5H3/b9-8-,28-20?/t15?,18-/m0/s1. The minimum absolute atomic E-state index is 0.0100. The molecule has 2 aliphatic rings. The van der Waals surface area contributed by atoms with E-state index < -0.39 is 40.8 Å². The molecule has 196 valence electrons. The van der Waals surface area contributed by atoms with E-state index in [0.717, 1.165) is 18.2 Å². The number of benzene rings is 1. The highest BCUT2D eigenvalue weighted by atomic mass is 19.1. The Labute approximate surface area is 208 Å². The van der Waals surface area contributed by atoms with Crippen LogP contribution in [0.2, 0.25) is 0 Å². The number of amides is 2. The molecule has 0 saturated carbocycles. The van der Waals surface area contributed by atoms with Crippen molar-refractivity contribution in [1.82, 2.24) is 15.1 Å². The van der Waals surface area contributed by atoms with Gasteiger partial charge in [-0.3, -0.25) is 19.9 Å². The van der Waals surface area contributed by atoms with Gasteiger partial charge in [-0.2, -0.15) is 4.39 Å². The van der Waals surface area contributed by atoms with Crippen LogP contribution < -0.4 is 14.8 Å². The first-order chi connectivity index (χ1) is 16.8. The van der Waals surface area contributed by atoms with Gasteiger partial charge >= 0.3 is 0 Å². The van der Waals surface area contributed by atoms with Crippen LogP contribution in [-0.4, -0.2) is 69.4 Å². The van der Waals surface area contributed by atoms with Crippen LogP contribution in [0.4, 0.5) is 8.78 Å². The second-order valence-electron chi connectivity index (χ2n) is 9.75. The maximum Gasteiger partial charge on any atom is 0.251 e. The molecule has 11 heteroatoms. The third-order valence-electron chi connectivity index (χ3n) is 5.56. The van der Waals surface area contributed by atoms with Gasteiger partial charge in [0.05, 0.1) is 18.2 Å². The van der Waals surface area contributed by atoms with E-state index in [1.807, 2.05) is 0 Å². The lowest BCUT2D eigenvalue weighted by Crippen LogP contribution is -2.44. The fourth-order valence-electron chi connectivity index (χ4n) is 3.97. The van der Waals surface area contributed by atoms with Crippen molar-refractivity contribution in [2.24, 2.45) is 0 Å². The van der Waals surface area contributed by atoms with Crippen molar-refractivity contribution in [3.63, 3.8) is 0 Å². The molecule has 36 heavy (non-hydrogen) atoms. The van der Waals surface area contributed by atoms with Gasteiger partial charge in [0, 0.05) is 24.9 Å². The van der Waals surface area contributed by atoms with Gasteiger partial charge < -0.3 is 24.8 Å². The number of nitrogens with one attached hydrogen (secondary N) is 2. The summed E-state index contributed by atoms with van der Waals surface area (Å²) < 4.78 is 39.8. The number of nitrogens with zero attached hydrogens (tertiary/aromatic N) is 2. The highest BCUT2D eigenvalue weighted by molar-refractivity contribution is 6.07. The zero-order chi connectivity index (χ0) is 26.8. The number of hydrogen-bond acceptors (Lipinski definition) is 7. The number of halogens is 2. The van der Waals surface area contributed by atoms with E-state index in [0.29, 0.717) is 0 Å². The highest BCUT2D eigenvalue weighted by Crippen LogP contribution is 2.33. The molecular formula is C25H32F2N4O5. The molecule has 0 radical (unpaired) electrons. The largest absolute Gasteiger partial charge is 0.488 e. The smallest absolute Gasteiger partial charge is 0.251 e. The van der Waals surface area contributed by atoms with Gasteiger partial charge in [0.1, 0.15) is 17.6 Å². The molecular weight excluding hydrogens is 474 g/mol. The van der Waals surface area contributed by atoms with Gasteiger partial charge in [0.15, 0.2) is 11.6 Å². The molecule has 0 aliphatic carbocycles. The molecule has 2 atom stereocenters. The average molecular weight is 507 g/mol. The lowest BCUT2D eigenvalue weighted by Gasteiger charge is -2.24. The first-order valence-corrected chi connectivity index (χ1v) is 11.7. The van der Waals surface area contributed by atoms with E-state index in [1.54, 1.807) is 34.6 Å². The Hall–Kier alpha value is -3.47. The Morgan fingerprint density at radius 3 is 2.67 bits per heavy atom. The molecule has 1 aromatic rings. The number of likely N-dealkylation sites (tertiary alicyclic amines) is 1. The Kier molecular flexibility index (Phi) is 8.02. The summed E-state index contributed by atoms with van der Waals surface area (Å²) in [7, 11) is 0. The van der Waals surface area contributed by atoms with Crippen molar-refractivity contribution >= 4 is 17.6 Å². The summed E-state index contributed by atoms with van der Waals surface area (Å²) in [6.45, 7) is 8.53. The van der Waals surface area contributed by atoms with Crippen LogP contribution in [0.15, 0.2) is 36.2 Å². The van der Waals surface area contributed by atoms with Crippen LogP contribution in [0, 0.1) is 17.0 Å². The second-order valence-corrected chi connectivity index (χ2v) is 9.75. The fourth-order valence-corrected chi connectivity index (χ4v) is 3.97. The Balaban J connectivity index is 1.67. The van der Waals surface area contributed by atoms with E-state index in [-0.39, 0.29) is 49.0 Å². The van der Waals surface area contributed by atoms with Gasteiger partial charge in [-0.1, -0.05) is 0 Å². The SMILES string of the molecule is CC(C)Oc1ccc(F)c(OC2=CC(=O)N([C@H]3CC(C)N(C(=N)/C=C\NCC(C)(C)O)C3=O)C2)c1F. The molecule has 2 aliphatic heterocycles. The van der Waals surface area contributed by atoms with Gasteiger partial charge in [-0.05, 0) is 59.2 Å². The number of ether oxygens (including phenoxy) is 2. The Bertz CT molecular complexity index is 1100. The molecule has 2 amide bonds. The molecule has 0 spiro atoms. The van der Waals surface area contributed by atoms with Crippen LogP contribution in [0.25, 0.3) is 0 Å². The summed E-state index contributed by atoms with van der Waals surface area (Å²) in [6, 6.07) is 0.968. The molecule has 0 bridgehead atoms. The number of carbonyl (C=O) groups excluding carboxylic acids is 2. The Morgan fingerprint density at radius 1 is 1.33 bits per heavy atom. The third kappa shape index (κ3) is 6.20. The van der Waals surface area contributed by atoms with E-state index in [4.69, 9.17) is 14.9 Å². The molecule has 1 fully saturated rings. The maximum atomic E-state index is 14.8. The van der Waals surface area contributed by atoms with Crippen molar-refractivity contribution in [2.75, 3.05) is 13.1 Å². The van der Waals surface area contributed by atoms with Crippen molar-refractivity contribution in [3.8, 4) is 11.5 Å². The topological polar surface area (TPSA) is 115 Å². The lowest BCUT2D eigenvalue weighted by atomic mass is 10.1. The van der Waals surface area contributed by atoms with Crippen LogP contribution >= 0.6 is 0 Å². The van der Waals surface area contributed by atoms with Gasteiger partial charge in [0.2, 0.25) is 11.6 Å². The van der Waals surface area contributed by atoms with Gasteiger partial charge in [-0.15, -0.1) is 0 Å². The summed E-state index contributed by atoms with van der Waals surface area (Å²) in [5, 5.41) is 20.9. The first kappa shape index (κ1) is 27.1. The number of rotatable bonds is 9. The minimum atomic E-state index is -1.02. The van der Waals surface area contributed by atoms with E-state index in [9.17, 15) is 23.5 Å². The molecule has 3 N–H and O–H groups in total. The zero-order valence-corrected chi connectivity index (χ0v) is 21.0. The number of amidine groups is 1. The average Bonchev–Trinajstić information content (AvgIpc) is 3.27. The Morgan fingerprint density at radius 2 is 2.03 bits per heavy atom. The van der Waals surface area contributed by atoms with Gasteiger partial charge in [-0.25, -0.2) is 4.39 Å².